The van der Waals surface area contributed by atoms with E-state index in [0.717, 1.165) is 17.7 Å². The number of amides is 1. The molecule has 0 radical (unpaired) electrons. The highest BCUT2D eigenvalue weighted by atomic mass is 19.4. The number of nitrogens with two attached hydrogens (primary N) is 2. The Bertz CT molecular complexity index is 288. The molecule has 106 valence electrons. The van der Waals surface area contributed by atoms with Crippen molar-refractivity contribution in [3.63, 3.8) is 0 Å². The standard InChI is InChI=1S/C11H20F3N3O/c1-7(15)10(11(12,13)14)17(6-9(16)18)8-4-2-3-5-8/h7-8,10H,2-6,15H2,1H3,(H2,16,18). The van der Waals surface area contributed by atoms with Gasteiger partial charge in [-0.2, -0.15) is 13.2 Å². The van der Waals surface area contributed by atoms with Crippen molar-refractivity contribution in [2.24, 2.45) is 11.5 Å². The molecule has 18 heavy (non-hydrogen) atoms. The van der Waals surface area contributed by atoms with E-state index in [2.05, 4.69) is 0 Å². The van der Waals surface area contributed by atoms with Crippen LogP contribution in [0.4, 0.5) is 13.2 Å². The first-order valence-corrected chi connectivity index (χ1v) is 6.10. The van der Waals surface area contributed by atoms with E-state index in [1.54, 1.807) is 0 Å². The van der Waals surface area contributed by atoms with Gasteiger partial charge in [-0.3, -0.25) is 9.69 Å². The molecule has 7 heteroatoms. The molecule has 1 fully saturated rings. The first-order chi connectivity index (χ1) is 8.23. The molecule has 0 heterocycles. The van der Waals surface area contributed by atoms with Crippen molar-refractivity contribution in [1.82, 2.24) is 4.90 Å². The number of primary amides is 1. The number of carbonyl (C=O) groups excluding carboxylic acids is 1. The minimum Gasteiger partial charge on any atom is -0.369 e. The lowest BCUT2D eigenvalue weighted by atomic mass is 10.0. The summed E-state index contributed by atoms with van der Waals surface area (Å²) in [7, 11) is 0. The molecule has 0 aromatic heterocycles. The van der Waals surface area contributed by atoms with Gasteiger partial charge in [-0.25, -0.2) is 0 Å². The van der Waals surface area contributed by atoms with Gasteiger partial charge in [-0.15, -0.1) is 0 Å². The zero-order valence-corrected chi connectivity index (χ0v) is 10.4. The molecule has 0 bridgehead atoms. The summed E-state index contributed by atoms with van der Waals surface area (Å²) in [5.74, 6) is -0.753. The van der Waals surface area contributed by atoms with E-state index >= 15 is 0 Å². The first kappa shape index (κ1) is 15.2. The van der Waals surface area contributed by atoms with Crippen molar-refractivity contribution in [3.8, 4) is 0 Å². The third kappa shape index (κ3) is 3.84. The zero-order chi connectivity index (χ0) is 13.9. The van der Waals surface area contributed by atoms with E-state index in [0.29, 0.717) is 12.8 Å². The lowest BCUT2D eigenvalue weighted by Gasteiger charge is -2.38. The van der Waals surface area contributed by atoms with Gasteiger partial charge in [0.05, 0.1) is 6.54 Å². The summed E-state index contributed by atoms with van der Waals surface area (Å²) in [5.41, 5.74) is 10.5. The topological polar surface area (TPSA) is 72.3 Å². The minimum atomic E-state index is -4.45. The predicted molar refractivity (Wildman–Crippen MR) is 61.6 cm³/mol. The Morgan fingerprint density at radius 1 is 1.39 bits per heavy atom. The number of halogens is 3. The van der Waals surface area contributed by atoms with Gasteiger partial charge in [0.25, 0.3) is 0 Å². The molecular formula is C11H20F3N3O. The van der Waals surface area contributed by atoms with E-state index in [1.807, 2.05) is 0 Å². The van der Waals surface area contributed by atoms with Crippen LogP contribution in [-0.2, 0) is 4.79 Å². The molecule has 1 aliphatic carbocycles. The number of nitrogens with zero attached hydrogens (tertiary/aromatic N) is 1. The highest BCUT2D eigenvalue weighted by Crippen LogP contribution is 2.32. The van der Waals surface area contributed by atoms with Crippen LogP contribution < -0.4 is 11.5 Å². The summed E-state index contributed by atoms with van der Waals surface area (Å²) in [6.07, 6.45) is -1.38. The number of rotatable bonds is 5. The number of hydrogen-bond donors (Lipinski definition) is 2. The number of carbonyl (C=O) groups is 1. The molecule has 2 unspecified atom stereocenters. The zero-order valence-electron chi connectivity index (χ0n) is 10.4. The van der Waals surface area contributed by atoms with Gasteiger partial charge in [0.2, 0.25) is 5.91 Å². The van der Waals surface area contributed by atoms with Crippen molar-refractivity contribution in [2.75, 3.05) is 6.54 Å². The molecular weight excluding hydrogens is 247 g/mol. The molecule has 0 aliphatic heterocycles. The summed E-state index contributed by atoms with van der Waals surface area (Å²) < 4.78 is 39.2. The molecule has 1 aliphatic rings. The average molecular weight is 267 g/mol. The Labute approximate surface area is 104 Å². The summed E-state index contributed by atoms with van der Waals surface area (Å²) in [4.78, 5) is 12.1. The Morgan fingerprint density at radius 3 is 2.22 bits per heavy atom. The number of hydrogen-bond acceptors (Lipinski definition) is 3. The van der Waals surface area contributed by atoms with Gasteiger partial charge in [0.1, 0.15) is 6.04 Å². The summed E-state index contributed by atoms with van der Waals surface area (Å²) in [6, 6.07) is -3.16. The van der Waals surface area contributed by atoms with Crippen LogP contribution in [0.3, 0.4) is 0 Å². The van der Waals surface area contributed by atoms with Crippen LogP contribution in [0, 0.1) is 0 Å². The minimum absolute atomic E-state index is 0.255. The van der Waals surface area contributed by atoms with Gasteiger partial charge >= 0.3 is 6.18 Å². The molecule has 0 spiro atoms. The maximum atomic E-state index is 13.1. The fourth-order valence-corrected chi connectivity index (χ4v) is 2.66. The molecule has 0 aromatic rings. The highest BCUT2D eigenvalue weighted by molar-refractivity contribution is 5.76. The van der Waals surface area contributed by atoms with Crippen LogP contribution >= 0.6 is 0 Å². The second kappa shape index (κ2) is 5.88. The van der Waals surface area contributed by atoms with E-state index in [1.165, 1.54) is 6.92 Å². The van der Waals surface area contributed by atoms with Gasteiger partial charge in [-0.1, -0.05) is 12.8 Å². The van der Waals surface area contributed by atoms with Crippen LogP contribution in [-0.4, -0.2) is 41.7 Å². The van der Waals surface area contributed by atoms with Crippen LogP contribution in [0.2, 0.25) is 0 Å². The van der Waals surface area contributed by atoms with Crippen molar-refractivity contribution in [2.45, 2.75) is 56.9 Å². The van der Waals surface area contributed by atoms with Crippen molar-refractivity contribution in [1.29, 1.82) is 0 Å². The van der Waals surface area contributed by atoms with E-state index in [9.17, 15) is 18.0 Å². The molecule has 4 N–H and O–H groups in total. The fourth-order valence-electron chi connectivity index (χ4n) is 2.66. The maximum absolute atomic E-state index is 13.1. The second-order valence-corrected chi connectivity index (χ2v) is 4.92. The summed E-state index contributed by atoms with van der Waals surface area (Å²) in [5, 5.41) is 0. The summed E-state index contributed by atoms with van der Waals surface area (Å²) in [6.45, 7) is 0.914. The van der Waals surface area contributed by atoms with Crippen molar-refractivity contribution in [3.05, 3.63) is 0 Å². The molecule has 1 saturated carbocycles. The highest BCUT2D eigenvalue weighted by Gasteiger charge is 2.48. The molecule has 4 nitrogen and oxygen atoms in total. The third-order valence-corrected chi connectivity index (χ3v) is 3.32. The molecule has 1 rings (SSSR count). The normalized spacial score (nSPS) is 21.2. The smallest absolute Gasteiger partial charge is 0.369 e. The second-order valence-electron chi connectivity index (χ2n) is 4.92. The molecule has 2 atom stereocenters. The van der Waals surface area contributed by atoms with E-state index in [4.69, 9.17) is 11.5 Å². The van der Waals surface area contributed by atoms with Gasteiger partial charge in [0.15, 0.2) is 0 Å². The Balaban J connectivity index is 2.93. The molecule has 0 aromatic carbocycles. The summed E-state index contributed by atoms with van der Waals surface area (Å²) >= 11 is 0. The quantitative estimate of drug-likeness (QED) is 0.780. The van der Waals surface area contributed by atoms with Gasteiger partial charge in [-0.05, 0) is 19.8 Å². The molecule has 0 saturated heterocycles. The first-order valence-electron chi connectivity index (χ1n) is 6.10. The Kier molecular flexibility index (Phi) is 4.98. The lowest BCUT2D eigenvalue weighted by molar-refractivity contribution is -0.194. The number of alkyl halides is 3. The maximum Gasteiger partial charge on any atom is 0.405 e. The van der Waals surface area contributed by atoms with Crippen LogP contribution in [0.15, 0.2) is 0 Å². The SMILES string of the molecule is CC(N)C(N(CC(N)=O)C1CCCC1)C(F)(F)F. The van der Waals surface area contributed by atoms with Gasteiger partial charge in [0, 0.05) is 12.1 Å². The van der Waals surface area contributed by atoms with Crippen LogP contribution in [0.5, 0.6) is 0 Å². The third-order valence-electron chi connectivity index (χ3n) is 3.32. The van der Waals surface area contributed by atoms with Crippen LogP contribution in [0.1, 0.15) is 32.6 Å². The monoisotopic (exact) mass is 267 g/mol. The van der Waals surface area contributed by atoms with Crippen molar-refractivity contribution >= 4 is 5.91 Å². The predicted octanol–water partition coefficient (Wildman–Crippen LogP) is 0.994. The fraction of sp³-hybridized carbons (Fsp3) is 0.909. The van der Waals surface area contributed by atoms with E-state index < -0.39 is 30.7 Å². The van der Waals surface area contributed by atoms with E-state index in [-0.39, 0.29) is 6.04 Å². The largest absolute Gasteiger partial charge is 0.405 e. The Morgan fingerprint density at radius 2 is 1.89 bits per heavy atom. The van der Waals surface area contributed by atoms with Crippen molar-refractivity contribution < 1.29 is 18.0 Å². The molecule has 1 amide bonds. The van der Waals surface area contributed by atoms with Crippen LogP contribution in [0.25, 0.3) is 0 Å². The Hall–Kier alpha value is -0.820. The average Bonchev–Trinajstić information content (AvgIpc) is 2.64. The van der Waals surface area contributed by atoms with Gasteiger partial charge < -0.3 is 11.5 Å². The lowest BCUT2D eigenvalue weighted by Crippen LogP contribution is -2.59.